The van der Waals surface area contributed by atoms with Gasteiger partial charge in [-0.3, -0.25) is 0 Å². The number of ether oxygens (including phenoxy) is 3. The van der Waals surface area contributed by atoms with E-state index in [1.807, 2.05) is 13.8 Å². The smallest absolute Gasteiger partial charge is 0.338 e. The summed E-state index contributed by atoms with van der Waals surface area (Å²) < 4.78 is 21.4. The van der Waals surface area contributed by atoms with E-state index in [1.165, 1.54) is 19.2 Å². The number of carbonyl (C=O) groups is 1. The van der Waals surface area contributed by atoms with Crippen molar-refractivity contribution >= 4 is 17.6 Å². The number of rotatable bonds is 7. The molecule has 0 spiro atoms. The average Bonchev–Trinajstić information content (AvgIpc) is 2.89. The molecule has 2 aromatic rings. The van der Waals surface area contributed by atoms with E-state index in [0.29, 0.717) is 29.8 Å². The maximum Gasteiger partial charge on any atom is 0.338 e. The standard InChI is InChI=1S/C17H20ClNO5/c1-5-6-22-16-13(18)7-12(8-14(16)21-4)17(20)23-9-15-19-10(2)11(3)24-15/h7-8H,5-6,9H2,1-4H3. The quantitative estimate of drug-likeness (QED) is 0.698. The number of carbonyl (C=O) groups excluding carboxylic acids is 1. The summed E-state index contributed by atoms with van der Waals surface area (Å²) in [5, 5.41) is 0.289. The van der Waals surface area contributed by atoms with Crippen LogP contribution in [-0.2, 0) is 11.3 Å². The van der Waals surface area contributed by atoms with Crippen LogP contribution in [0.25, 0.3) is 0 Å². The van der Waals surface area contributed by atoms with Crippen molar-refractivity contribution in [3.05, 3.63) is 40.1 Å². The van der Waals surface area contributed by atoms with Crippen LogP contribution in [-0.4, -0.2) is 24.7 Å². The van der Waals surface area contributed by atoms with E-state index >= 15 is 0 Å². The van der Waals surface area contributed by atoms with Gasteiger partial charge in [0.15, 0.2) is 18.1 Å². The van der Waals surface area contributed by atoms with Crippen molar-refractivity contribution in [3.8, 4) is 11.5 Å². The van der Waals surface area contributed by atoms with Crippen LogP contribution in [0, 0.1) is 13.8 Å². The van der Waals surface area contributed by atoms with E-state index in [0.717, 1.165) is 12.1 Å². The minimum absolute atomic E-state index is 0.0540. The van der Waals surface area contributed by atoms with Crippen molar-refractivity contribution in [2.24, 2.45) is 0 Å². The fourth-order valence-corrected chi connectivity index (χ4v) is 2.26. The largest absolute Gasteiger partial charge is 0.493 e. The summed E-state index contributed by atoms with van der Waals surface area (Å²) in [4.78, 5) is 16.4. The predicted molar refractivity (Wildman–Crippen MR) is 88.9 cm³/mol. The third-order valence-electron chi connectivity index (χ3n) is 3.32. The molecule has 0 saturated heterocycles. The lowest BCUT2D eigenvalue weighted by Gasteiger charge is -2.13. The fraction of sp³-hybridized carbons (Fsp3) is 0.412. The lowest BCUT2D eigenvalue weighted by Crippen LogP contribution is -2.07. The molecule has 0 aliphatic carbocycles. The van der Waals surface area contributed by atoms with Crippen LogP contribution in [0.4, 0.5) is 0 Å². The molecule has 1 heterocycles. The molecule has 0 unspecified atom stereocenters. The Balaban J connectivity index is 2.12. The van der Waals surface area contributed by atoms with E-state index in [9.17, 15) is 4.79 Å². The molecule has 130 valence electrons. The van der Waals surface area contributed by atoms with E-state index in [-0.39, 0.29) is 17.2 Å². The first-order chi connectivity index (χ1) is 11.5. The summed E-state index contributed by atoms with van der Waals surface area (Å²) in [6.07, 6.45) is 0.832. The van der Waals surface area contributed by atoms with Crippen LogP contribution >= 0.6 is 11.6 Å². The average molecular weight is 354 g/mol. The highest BCUT2D eigenvalue weighted by atomic mass is 35.5. The molecule has 1 aromatic heterocycles. The molecule has 24 heavy (non-hydrogen) atoms. The lowest BCUT2D eigenvalue weighted by atomic mass is 10.2. The molecular weight excluding hydrogens is 334 g/mol. The van der Waals surface area contributed by atoms with Gasteiger partial charge in [-0.25, -0.2) is 9.78 Å². The van der Waals surface area contributed by atoms with Gasteiger partial charge in [-0.2, -0.15) is 0 Å². The van der Waals surface area contributed by atoms with E-state index in [1.54, 1.807) is 6.92 Å². The van der Waals surface area contributed by atoms with Crippen LogP contribution in [0.1, 0.15) is 41.0 Å². The number of aryl methyl sites for hydroxylation is 2. The van der Waals surface area contributed by atoms with Crippen molar-refractivity contribution in [1.82, 2.24) is 4.98 Å². The Hall–Kier alpha value is -2.21. The number of nitrogens with zero attached hydrogens (tertiary/aromatic N) is 1. The maximum atomic E-state index is 12.2. The lowest BCUT2D eigenvalue weighted by molar-refractivity contribution is 0.0436. The molecule has 0 radical (unpaired) electrons. The highest BCUT2D eigenvalue weighted by molar-refractivity contribution is 6.32. The zero-order chi connectivity index (χ0) is 17.7. The van der Waals surface area contributed by atoms with Crippen LogP contribution in [0.2, 0.25) is 5.02 Å². The summed E-state index contributed by atoms with van der Waals surface area (Å²) in [6, 6.07) is 3.02. The van der Waals surface area contributed by atoms with Crippen molar-refractivity contribution in [1.29, 1.82) is 0 Å². The van der Waals surface area contributed by atoms with E-state index in [2.05, 4.69) is 4.98 Å². The number of benzene rings is 1. The summed E-state index contributed by atoms with van der Waals surface area (Å²) in [5.41, 5.74) is 1.03. The third kappa shape index (κ3) is 4.20. The maximum absolute atomic E-state index is 12.2. The molecule has 6 nitrogen and oxygen atoms in total. The number of hydrogen-bond donors (Lipinski definition) is 0. The normalized spacial score (nSPS) is 10.5. The first-order valence-electron chi connectivity index (χ1n) is 7.56. The van der Waals surface area contributed by atoms with Gasteiger partial charge in [0.25, 0.3) is 0 Å². The molecule has 0 N–H and O–H groups in total. The Morgan fingerprint density at radius 1 is 1.33 bits per heavy atom. The molecule has 0 bridgehead atoms. The Morgan fingerprint density at radius 2 is 2.08 bits per heavy atom. The number of oxazole rings is 1. The fourth-order valence-electron chi connectivity index (χ4n) is 1.99. The molecule has 1 aromatic carbocycles. The second-order valence-corrected chi connectivity index (χ2v) is 5.57. The number of halogens is 1. The molecule has 0 fully saturated rings. The number of esters is 1. The summed E-state index contributed by atoms with van der Waals surface area (Å²) in [7, 11) is 1.48. The molecule has 0 amide bonds. The summed E-state index contributed by atoms with van der Waals surface area (Å²) in [6.45, 7) is 6.06. The van der Waals surface area contributed by atoms with Crippen LogP contribution in [0.5, 0.6) is 11.5 Å². The van der Waals surface area contributed by atoms with Crippen LogP contribution in [0.3, 0.4) is 0 Å². The van der Waals surface area contributed by atoms with Gasteiger partial charge in [-0.05, 0) is 32.4 Å². The van der Waals surface area contributed by atoms with Crippen molar-refractivity contribution in [3.63, 3.8) is 0 Å². The summed E-state index contributed by atoms with van der Waals surface area (Å²) >= 11 is 6.19. The van der Waals surface area contributed by atoms with Gasteiger partial charge in [0.05, 0.1) is 30.0 Å². The second-order valence-electron chi connectivity index (χ2n) is 5.16. The van der Waals surface area contributed by atoms with Crippen LogP contribution in [0.15, 0.2) is 16.5 Å². The van der Waals surface area contributed by atoms with Gasteiger partial charge < -0.3 is 18.6 Å². The summed E-state index contributed by atoms with van der Waals surface area (Å²) in [5.74, 6) is 1.29. The minimum atomic E-state index is -0.550. The van der Waals surface area contributed by atoms with Crippen molar-refractivity contribution in [2.45, 2.75) is 33.8 Å². The van der Waals surface area contributed by atoms with Gasteiger partial charge in [-0.15, -0.1) is 0 Å². The number of hydrogen-bond acceptors (Lipinski definition) is 6. The second kappa shape index (κ2) is 8.06. The zero-order valence-corrected chi connectivity index (χ0v) is 14.9. The minimum Gasteiger partial charge on any atom is -0.493 e. The molecule has 0 aliphatic heterocycles. The van der Waals surface area contributed by atoms with Crippen molar-refractivity contribution in [2.75, 3.05) is 13.7 Å². The number of methoxy groups -OCH3 is 1. The molecule has 0 saturated carbocycles. The van der Waals surface area contributed by atoms with E-state index < -0.39 is 5.97 Å². The Labute approximate surface area is 145 Å². The molecule has 2 rings (SSSR count). The van der Waals surface area contributed by atoms with Crippen molar-refractivity contribution < 1.29 is 23.4 Å². The highest BCUT2D eigenvalue weighted by Gasteiger charge is 2.17. The van der Waals surface area contributed by atoms with Gasteiger partial charge in [0.2, 0.25) is 5.89 Å². The molecule has 0 atom stereocenters. The SMILES string of the molecule is CCCOc1c(Cl)cc(C(=O)OCc2nc(C)c(C)o2)cc1OC. The first kappa shape index (κ1) is 18.1. The monoisotopic (exact) mass is 353 g/mol. The Morgan fingerprint density at radius 3 is 2.67 bits per heavy atom. The predicted octanol–water partition coefficient (Wildman–Crippen LogP) is 4.10. The van der Waals surface area contributed by atoms with Gasteiger partial charge in [-0.1, -0.05) is 18.5 Å². The third-order valence-corrected chi connectivity index (χ3v) is 3.60. The van der Waals surface area contributed by atoms with Crippen LogP contribution < -0.4 is 9.47 Å². The topological polar surface area (TPSA) is 70.8 Å². The first-order valence-corrected chi connectivity index (χ1v) is 7.94. The highest BCUT2D eigenvalue weighted by Crippen LogP contribution is 2.36. The van der Waals surface area contributed by atoms with E-state index in [4.69, 9.17) is 30.2 Å². The number of aromatic nitrogens is 1. The Kier molecular flexibility index (Phi) is 6.09. The van der Waals surface area contributed by atoms with Gasteiger partial charge >= 0.3 is 5.97 Å². The molecule has 7 heteroatoms. The Bertz CT molecular complexity index is 707. The zero-order valence-electron chi connectivity index (χ0n) is 14.1. The molecular formula is C17H20ClNO5. The van der Waals surface area contributed by atoms with Gasteiger partial charge in [0.1, 0.15) is 5.76 Å². The van der Waals surface area contributed by atoms with Gasteiger partial charge in [0, 0.05) is 0 Å². The molecule has 0 aliphatic rings.